The summed E-state index contributed by atoms with van der Waals surface area (Å²) >= 11 is 2.57. The van der Waals surface area contributed by atoms with Gasteiger partial charge in [-0.3, -0.25) is 10.1 Å². The lowest BCUT2D eigenvalue weighted by Gasteiger charge is -2.10. The van der Waals surface area contributed by atoms with Crippen LogP contribution < -0.4 is 0 Å². The number of nitro groups is 1. The molecule has 0 N–H and O–H groups in total. The Labute approximate surface area is 95.6 Å². The maximum atomic E-state index is 12.5. The van der Waals surface area contributed by atoms with Gasteiger partial charge in [-0.05, 0) is 15.9 Å². The fourth-order valence-corrected chi connectivity index (χ4v) is 1.75. The number of alkyl halides is 3. The molecule has 0 saturated heterocycles. The molecule has 16 heavy (non-hydrogen) atoms. The first-order valence-corrected chi connectivity index (χ1v) is 4.52. The van der Waals surface area contributed by atoms with Crippen LogP contribution in [0.2, 0.25) is 0 Å². The highest BCUT2D eigenvalue weighted by atomic mass is 79.9. The van der Waals surface area contributed by atoms with Crippen LogP contribution in [0.5, 0.6) is 0 Å². The predicted molar refractivity (Wildman–Crippen MR) is 50.5 cm³/mol. The van der Waals surface area contributed by atoms with E-state index in [2.05, 4.69) is 15.9 Å². The van der Waals surface area contributed by atoms with Crippen LogP contribution in [-0.2, 0) is 6.18 Å². The van der Waals surface area contributed by atoms with E-state index >= 15 is 0 Å². The summed E-state index contributed by atoms with van der Waals surface area (Å²) in [6.45, 7) is 0. The Balaban J connectivity index is 3.55. The number of non-ortho nitro benzene ring substituents is 1. The Bertz CT molecular complexity index is 493. The third-order valence-corrected chi connectivity index (χ3v) is 2.32. The second kappa shape index (κ2) is 4.09. The van der Waals surface area contributed by atoms with Crippen LogP contribution in [0.1, 0.15) is 11.1 Å². The van der Waals surface area contributed by atoms with Gasteiger partial charge in [-0.25, -0.2) is 0 Å². The average Bonchev–Trinajstić information content (AvgIpc) is 2.14. The van der Waals surface area contributed by atoms with Crippen molar-refractivity contribution >= 4 is 21.6 Å². The molecule has 0 saturated carbocycles. The van der Waals surface area contributed by atoms with Gasteiger partial charge in [0.15, 0.2) is 0 Å². The smallest absolute Gasteiger partial charge is 0.258 e. The van der Waals surface area contributed by atoms with Gasteiger partial charge in [0, 0.05) is 16.6 Å². The lowest BCUT2D eigenvalue weighted by Crippen LogP contribution is -2.09. The molecule has 0 unspecified atom stereocenters. The van der Waals surface area contributed by atoms with E-state index in [1.54, 1.807) is 0 Å². The molecule has 0 amide bonds. The fourth-order valence-electron chi connectivity index (χ4n) is 1.07. The predicted octanol–water partition coefficient (Wildman–Crippen LogP) is 3.25. The van der Waals surface area contributed by atoms with Crippen LogP contribution in [0.25, 0.3) is 0 Å². The number of hydrogen-bond acceptors (Lipinski definition) is 3. The fraction of sp³-hybridized carbons (Fsp3) is 0.125. The molecular weight excluding hydrogens is 293 g/mol. The molecule has 0 heterocycles. The molecule has 0 radical (unpaired) electrons. The van der Waals surface area contributed by atoms with Gasteiger partial charge in [-0.1, -0.05) is 0 Å². The summed E-state index contributed by atoms with van der Waals surface area (Å²) in [5.74, 6) is 0. The van der Waals surface area contributed by atoms with Crippen LogP contribution in [0.15, 0.2) is 16.6 Å². The van der Waals surface area contributed by atoms with E-state index in [-0.39, 0.29) is 0 Å². The Morgan fingerprint density at radius 3 is 2.38 bits per heavy atom. The maximum absolute atomic E-state index is 12.5. The summed E-state index contributed by atoms with van der Waals surface area (Å²) in [6, 6.07) is 2.59. The lowest BCUT2D eigenvalue weighted by atomic mass is 10.1. The summed E-state index contributed by atoms with van der Waals surface area (Å²) < 4.78 is 36.9. The van der Waals surface area contributed by atoms with E-state index in [1.807, 2.05) is 0 Å². The Hall–Kier alpha value is -1.62. The molecule has 8 heteroatoms. The third kappa shape index (κ3) is 2.30. The highest BCUT2D eigenvalue weighted by molar-refractivity contribution is 9.10. The van der Waals surface area contributed by atoms with Gasteiger partial charge in [0.05, 0.1) is 16.1 Å². The van der Waals surface area contributed by atoms with E-state index in [9.17, 15) is 23.3 Å². The van der Waals surface area contributed by atoms with Crippen LogP contribution in [0.4, 0.5) is 18.9 Å². The Morgan fingerprint density at radius 2 is 2.00 bits per heavy atom. The van der Waals surface area contributed by atoms with Crippen molar-refractivity contribution in [2.75, 3.05) is 0 Å². The number of halogens is 4. The highest BCUT2D eigenvalue weighted by Crippen LogP contribution is 2.39. The summed E-state index contributed by atoms with van der Waals surface area (Å²) in [4.78, 5) is 9.51. The first kappa shape index (κ1) is 12.4. The minimum Gasteiger partial charge on any atom is -0.258 e. The molecule has 0 spiro atoms. The van der Waals surface area contributed by atoms with Gasteiger partial charge >= 0.3 is 6.18 Å². The van der Waals surface area contributed by atoms with Crippen LogP contribution in [-0.4, -0.2) is 4.92 Å². The zero-order valence-corrected chi connectivity index (χ0v) is 8.96. The number of rotatable bonds is 1. The van der Waals surface area contributed by atoms with Crippen molar-refractivity contribution in [3.8, 4) is 6.07 Å². The zero-order valence-electron chi connectivity index (χ0n) is 7.38. The molecule has 0 atom stereocenters. The molecule has 0 aliphatic carbocycles. The third-order valence-electron chi connectivity index (χ3n) is 1.69. The van der Waals surface area contributed by atoms with Crippen LogP contribution in [0, 0.1) is 21.4 Å². The minimum atomic E-state index is -4.74. The van der Waals surface area contributed by atoms with Gasteiger partial charge in [0.2, 0.25) is 0 Å². The topological polar surface area (TPSA) is 66.9 Å². The number of nitrogens with zero attached hydrogens (tertiary/aromatic N) is 2. The number of hydrogen-bond donors (Lipinski definition) is 0. The first-order chi connectivity index (χ1) is 7.27. The van der Waals surface area contributed by atoms with E-state index in [0.29, 0.717) is 12.1 Å². The van der Waals surface area contributed by atoms with Crippen molar-refractivity contribution in [2.45, 2.75) is 6.18 Å². The quantitative estimate of drug-likeness (QED) is 0.590. The van der Waals surface area contributed by atoms with Crippen molar-refractivity contribution in [3.05, 3.63) is 37.8 Å². The Morgan fingerprint density at radius 1 is 1.44 bits per heavy atom. The van der Waals surface area contributed by atoms with E-state index in [4.69, 9.17) is 5.26 Å². The molecular formula is C8H2BrF3N2O2. The largest absolute Gasteiger partial charge is 0.418 e. The van der Waals surface area contributed by atoms with E-state index < -0.39 is 32.4 Å². The van der Waals surface area contributed by atoms with Crippen LogP contribution >= 0.6 is 15.9 Å². The molecule has 0 aliphatic rings. The van der Waals surface area contributed by atoms with Crippen molar-refractivity contribution in [3.63, 3.8) is 0 Å². The summed E-state index contributed by atoms with van der Waals surface area (Å²) in [7, 11) is 0. The van der Waals surface area contributed by atoms with Gasteiger partial charge in [0.1, 0.15) is 6.07 Å². The number of nitriles is 1. The SMILES string of the molecule is N#Cc1cc([N+](=O)[O-])cc(Br)c1C(F)(F)F. The maximum Gasteiger partial charge on any atom is 0.418 e. The number of nitro benzene ring substituents is 1. The van der Waals surface area contributed by atoms with Gasteiger partial charge in [-0.2, -0.15) is 18.4 Å². The van der Waals surface area contributed by atoms with E-state index in [0.717, 1.165) is 0 Å². The molecule has 1 rings (SSSR count). The molecule has 0 fully saturated rings. The van der Waals surface area contributed by atoms with Gasteiger partial charge < -0.3 is 0 Å². The second-order valence-corrected chi connectivity index (χ2v) is 3.57. The van der Waals surface area contributed by atoms with Crippen molar-refractivity contribution < 1.29 is 18.1 Å². The van der Waals surface area contributed by atoms with E-state index in [1.165, 1.54) is 6.07 Å². The van der Waals surface area contributed by atoms with Gasteiger partial charge in [-0.15, -0.1) is 0 Å². The van der Waals surface area contributed by atoms with Crippen molar-refractivity contribution in [1.29, 1.82) is 5.26 Å². The first-order valence-electron chi connectivity index (χ1n) is 3.72. The minimum absolute atomic E-state index is 0.522. The summed E-state index contributed by atoms with van der Waals surface area (Å²) in [5.41, 5.74) is -2.56. The molecule has 1 aromatic rings. The monoisotopic (exact) mass is 294 g/mol. The molecule has 0 aliphatic heterocycles. The molecule has 84 valence electrons. The summed E-state index contributed by atoms with van der Waals surface area (Å²) in [6.07, 6.45) is -4.74. The molecule has 0 aromatic heterocycles. The van der Waals surface area contributed by atoms with Crippen molar-refractivity contribution in [1.82, 2.24) is 0 Å². The van der Waals surface area contributed by atoms with Crippen molar-refractivity contribution in [2.24, 2.45) is 0 Å². The number of benzene rings is 1. The van der Waals surface area contributed by atoms with Crippen LogP contribution in [0.3, 0.4) is 0 Å². The normalized spacial score (nSPS) is 10.9. The Kier molecular flexibility index (Phi) is 3.19. The lowest BCUT2D eigenvalue weighted by molar-refractivity contribution is -0.385. The molecule has 0 bridgehead atoms. The molecule has 1 aromatic carbocycles. The van der Waals surface area contributed by atoms with Gasteiger partial charge in [0.25, 0.3) is 5.69 Å². The standard InChI is InChI=1S/C8H2BrF3N2O2/c9-6-2-5(14(15)16)1-4(3-13)7(6)8(10,11)12/h1-2H. The summed E-state index contributed by atoms with van der Waals surface area (Å²) in [5, 5.41) is 18.9. The zero-order chi connectivity index (χ0) is 12.5. The second-order valence-electron chi connectivity index (χ2n) is 2.72. The average molecular weight is 295 g/mol. The molecule has 4 nitrogen and oxygen atoms in total. The highest BCUT2D eigenvalue weighted by Gasteiger charge is 2.37.